The molecule has 0 spiro atoms. The van der Waals surface area contributed by atoms with Gasteiger partial charge in [0.05, 0.1) is 19.3 Å². The van der Waals surface area contributed by atoms with Gasteiger partial charge in [0.1, 0.15) is 10.7 Å². The second-order valence-electron chi connectivity index (χ2n) is 5.59. The molecule has 0 bridgehead atoms. The lowest BCUT2D eigenvalue weighted by molar-refractivity contribution is 0.0563. The van der Waals surface area contributed by atoms with Crippen LogP contribution in [-0.2, 0) is 19.5 Å². The minimum absolute atomic E-state index is 0.0662. The number of sulfonamides is 1. The van der Waals surface area contributed by atoms with E-state index in [0.717, 1.165) is 19.4 Å². The summed E-state index contributed by atoms with van der Waals surface area (Å²) in [6.07, 6.45) is 1.78. The quantitative estimate of drug-likeness (QED) is 0.689. The summed E-state index contributed by atoms with van der Waals surface area (Å²) < 4.78 is 42.4. The number of ether oxygens (including phenoxy) is 2. The molecule has 8 nitrogen and oxygen atoms in total. The Morgan fingerprint density at radius 3 is 2.78 bits per heavy atom. The van der Waals surface area contributed by atoms with Crippen LogP contribution in [0.2, 0.25) is 0 Å². The number of hydrogen-bond donors (Lipinski definition) is 2. The second-order valence-corrected chi connectivity index (χ2v) is 7.33. The van der Waals surface area contributed by atoms with E-state index >= 15 is 0 Å². The van der Waals surface area contributed by atoms with Crippen molar-refractivity contribution < 1.29 is 27.1 Å². The van der Waals surface area contributed by atoms with Gasteiger partial charge in [0.2, 0.25) is 15.8 Å². The molecule has 23 heavy (non-hydrogen) atoms. The van der Waals surface area contributed by atoms with Crippen molar-refractivity contribution in [1.82, 2.24) is 10.0 Å². The summed E-state index contributed by atoms with van der Waals surface area (Å²) in [6.45, 7) is 2.91. The number of carbonyl (C=O) groups excluding carboxylic acids is 1. The first-order valence-corrected chi connectivity index (χ1v) is 8.74. The van der Waals surface area contributed by atoms with Crippen molar-refractivity contribution in [1.29, 1.82) is 0 Å². The molecule has 2 heterocycles. The Bertz CT molecular complexity index is 661. The van der Waals surface area contributed by atoms with Crippen LogP contribution in [-0.4, -0.2) is 53.8 Å². The molecule has 0 amide bonds. The Kier molecular flexibility index (Phi) is 5.45. The van der Waals surface area contributed by atoms with Crippen LogP contribution in [0, 0.1) is 6.92 Å². The molecule has 0 radical (unpaired) electrons. The van der Waals surface area contributed by atoms with Crippen LogP contribution in [0.3, 0.4) is 0 Å². The second kappa shape index (κ2) is 7.00. The van der Waals surface area contributed by atoms with Crippen molar-refractivity contribution in [2.75, 3.05) is 33.9 Å². The Labute approximate surface area is 135 Å². The number of furan rings is 1. The van der Waals surface area contributed by atoms with Crippen LogP contribution in [0.25, 0.3) is 0 Å². The number of rotatable bonds is 7. The van der Waals surface area contributed by atoms with Gasteiger partial charge in [0, 0.05) is 19.7 Å². The van der Waals surface area contributed by atoms with Gasteiger partial charge < -0.3 is 19.2 Å². The molecule has 1 saturated heterocycles. The van der Waals surface area contributed by atoms with E-state index in [1.807, 2.05) is 0 Å². The fourth-order valence-corrected chi connectivity index (χ4v) is 4.02. The zero-order valence-electron chi connectivity index (χ0n) is 13.5. The largest absolute Gasteiger partial charge is 0.463 e. The standard InChI is InChI=1S/C14H22N2O6S/c1-10-12(7-11(22-10)13(17)21-3)23(18,19)16-8-14(9-20-2)5-4-6-15-14/h7,15-16H,4-6,8-9H2,1-3H3. The Morgan fingerprint density at radius 1 is 1.48 bits per heavy atom. The molecule has 2 N–H and O–H groups in total. The monoisotopic (exact) mass is 346 g/mol. The maximum Gasteiger partial charge on any atom is 0.373 e. The maximum absolute atomic E-state index is 12.5. The van der Waals surface area contributed by atoms with Crippen molar-refractivity contribution in [3.05, 3.63) is 17.6 Å². The fourth-order valence-electron chi connectivity index (χ4n) is 2.71. The molecule has 130 valence electrons. The predicted molar refractivity (Wildman–Crippen MR) is 81.8 cm³/mol. The number of nitrogens with one attached hydrogen (secondary N) is 2. The van der Waals surface area contributed by atoms with Crippen molar-refractivity contribution >= 4 is 16.0 Å². The molecule has 1 aliphatic rings. The molecule has 0 aromatic carbocycles. The number of carbonyl (C=O) groups is 1. The van der Waals surface area contributed by atoms with Crippen molar-refractivity contribution in [3.63, 3.8) is 0 Å². The van der Waals surface area contributed by atoms with Gasteiger partial charge >= 0.3 is 5.97 Å². The molecule has 1 fully saturated rings. The summed E-state index contributed by atoms with van der Waals surface area (Å²) >= 11 is 0. The summed E-state index contributed by atoms with van der Waals surface area (Å²) in [5, 5.41) is 3.29. The molecule has 1 aromatic rings. The van der Waals surface area contributed by atoms with Crippen molar-refractivity contribution in [3.8, 4) is 0 Å². The Morgan fingerprint density at radius 2 is 2.22 bits per heavy atom. The van der Waals surface area contributed by atoms with E-state index < -0.39 is 21.5 Å². The highest BCUT2D eigenvalue weighted by Gasteiger charge is 2.35. The number of hydrogen-bond acceptors (Lipinski definition) is 7. The van der Waals surface area contributed by atoms with Crippen LogP contribution in [0.1, 0.15) is 29.2 Å². The molecule has 1 atom stereocenters. The van der Waals surface area contributed by atoms with Gasteiger partial charge in [-0.2, -0.15) is 0 Å². The van der Waals surface area contributed by atoms with Crippen LogP contribution >= 0.6 is 0 Å². The zero-order valence-corrected chi connectivity index (χ0v) is 14.3. The molecule has 9 heteroatoms. The van der Waals surface area contributed by atoms with E-state index in [2.05, 4.69) is 14.8 Å². The predicted octanol–water partition coefficient (Wildman–Crippen LogP) is 0.422. The van der Waals surface area contributed by atoms with E-state index in [1.54, 1.807) is 7.11 Å². The van der Waals surface area contributed by atoms with Crippen molar-refractivity contribution in [2.45, 2.75) is 30.2 Å². The summed E-state index contributed by atoms with van der Waals surface area (Å²) in [5.41, 5.74) is -0.412. The van der Waals surface area contributed by atoms with Crippen LogP contribution in [0.4, 0.5) is 0 Å². The molecule has 1 unspecified atom stereocenters. The van der Waals surface area contributed by atoms with Gasteiger partial charge in [-0.25, -0.2) is 17.9 Å². The summed E-state index contributed by atoms with van der Waals surface area (Å²) in [7, 11) is -1.02. The van der Waals surface area contributed by atoms with E-state index in [-0.39, 0.29) is 23.0 Å². The van der Waals surface area contributed by atoms with Gasteiger partial charge in [-0.3, -0.25) is 0 Å². The van der Waals surface area contributed by atoms with E-state index in [4.69, 9.17) is 9.15 Å². The zero-order chi connectivity index (χ0) is 17.1. The van der Waals surface area contributed by atoms with E-state index in [1.165, 1.54) is 20.1 Å². The topological polar surface area (TPSA) is 107 Å². The van der Waals surface area contributed by atoms with Gasteiger partial charge in [0.15, 0.2) is 0 Å². The molecule has 1 aliphatic heterocycles. The van der Waals surface area contributed by atoms with Gasteiger partial charge in [-0.05, 0) is 26.3 Å². The van der Waals surface area contributed by atoms with Crippen LogP contribution in [0.5, 0.6) is 0 Å². The highest BCUT2D eigenvalue weighted by Crippen LogP contribution is 2.23. The first kappa shape index (κ1) is 17.9. The fraction of sp³-hybridized carbons (Fsp3) is 0.643. The maximum atomic E-state index is 12.5. The smallest absolute Gasteiger partial charge is 0.373 e. The summed E-state index contributed by atoms with van der Waals surface area (Å²) in [6, 6.07) is 1.18. The summed E-state index contributed by atoms with van der Waals surface area (Å²) in [5.74, 6) is -0.725. The average molecular weight is 346 g/mol. The third-order valence-corrected chi connectivity index (χ3v) is 5.41. The minimum Gasteiger partial charge on any atom is -0.463 e. The molecule has 0 saturated carbocycles. The first-order valence-electron chi connectivity index (χ1n) is 7.26. The highest BCUT2D eigenvalue weighted by atomic mass is 32.2. The molecule has 2 rings (SSSR count). The van der Waals surface area contributed by atoms with Gasteiger partial charge in [-0.1, -0.05) is 0 Å². The number of methoxy groups -OCH3 is 2. The van der Waals surface area contributed by atoms with Gasteiger partial charge in [0.25, 0.3) is 0 Å². The lowest BCUT2D eigenvalue weighted by Crippen LogP contribution is -2.52. The third kappa shape index (κ3) is 3.92. The molecular formula is C14H22N2O6S. The Hall–Kier alpha value is -1.42. The third-order valence-electron chi connectivity index (χ3n) is 3.90. The Balaban J connectivity index is 2.15. The highest BCUT2D eigenvalue weighted by molar-refractivity contribution is 7.89. The first-order chi connectivity index (χ1) is 10.8. The SMILES string of the molecule is COCC1(CNS(=O)(=O)c2cc(C(=O)OC)oc2C)CCCN1. The van der Waals surface area contributed by atoms with Crippen LogP contribution in [0.15, 0.2) is 15.4 Å². The van der Waals surface area contributed by atoms with Gasteiger partial charge in [-0.15, -0.1) is 0 Å². The molecule has 0 aliphatic carbocycles. The lowest BCUT2D eigenvalue weighted by atomic mass is 9.99. The molecule has 1 aromatic heterocycles. The normalized spacial score (nSPS) is 21.5. The lowest BCUT2D eigenvalue weighted by Gasteiger charge is -2.28. The minimum atomic E-state index is -3.80. The molecular weight excluding hydrogens is 324 g/mol. The number of aryl methyl sites for hydroxylation is 1. The number of esters is 1. The summed E-state index contributed by atoms with van der Waals surface area (Å²) in [4.78, 5) is 11.4. The van der Waals surface area contributed by atoms with Crippen molar-refractivity contribution in [2.24, 2.45) is 0 Å². The van der Waals surface area contributed by atoms with E-state index in [0.29, 0.717) is 6.61 Å². The average Bonchev–Trinajstić information content (AvgIpc) is 3.13. The van der Waals surface area contributed by atoms with E-state index in [9.17, 15) is 13.2 Å². The van der Waals surface area contributed by atoms with Crippen LogP contribution < -0.4 is 10.0 Å².